The Bertz CT molecular complexity index is 4790. The quantitative estimate of drug-likeness (QED) is 0.0166. The van der Waals surface area contributed by atoms with E-state index < -0.39 is 309 Å². The number of para-hydroxylation sites is 1. The summed E-state index contributed by atoms with van der Waals surface area (Å²) in [5.74, 6) is -27.3. The van der Waals surface area contributed by atoms with Crippen molar-refractivity contribution in [2.24, 2.45) is 17.2 Å². The summed E-state index contributed by atoms with van der Waals surface area (Å²) >= 11 is 0. The van der Waals surface area contributed by atoms with E-state index in [-0.39, 0.29) is 96.3 Å². The zero-order valence-electron chi connectivity index (χ0n) is 80.6. The van der Waals surface area contributed by atoms with Crippen LogP contribution in [-0.2, 0) is 121 Å². The van der Waals surface area contributed by atoms with Crippen LogP contribution in [0.1, 0.15) is 172 Å². The van der Waals surface area contributed by atoms with E-state index in [4.69, 9.17) is 28.0 Å². The lowest BCUT2D eigenvalue weighted by atomic mass is 10.0. The molecule has 18 amide bonds. The van der Waals surface area contributed by atoms with Crippen LogP contribution in [0.25, 0.3) is 10.9 Å². The van der Waals surface area contributed by atoms with Crippen LogP contribution in [0.15, 0.2) is 30.5 Å². The van der Waals surface area contributed by atoms with Crippen molar-refractivity contribution in [3.8, 4) is 0 Å². The zero-order chi connectivity index (χ0) is 108. The molecule has 0 radical (unpaired) electrons. The van der Waals surface area contributed by atoms with Crippen LogP contribution >= 0.6 is 0 Å². The first-order chi connectivity index (χ1) is 66.4. The smallest absolute Gasteiger partial charge is 0.317 e. The first-order valence-corrected chi connectivity index (χ1v) is 45.3. The maximum absolute atomic E-state index is 14.5. The minimum atomic E-state index is -1.83. The summed E-state index contributed by atoms with van der Waals surface area (Å²) in [6, 6.07) is -18.8. The fourth-order valence-corrected chi connectivity index (χ4v) is 13.4. The number of aromatic amines is 1. The number of carbonyl (C=O) groups is 24. The Morgan fingerprint density at radius 2 is 0.542 bits per heavy atom. The van der Waals surface area contributed by atoms with Crippen LogP contribution in [0, 0.1) is 10.8 Å². The highest BCUT2D eigenvalue weighted by molar-refractivity contribution is 6.02. The topological polar surface area (TPSA) is 908 Å². The summed E-state index contributed by atoms with van der Waals surface area (Å²) in [5.41, 5.74) is 17.4. The number of aromatic nitrogens is 1. The summed E-state index contributed by atoms with van der Waals surface area (Å²) in [6.07, 6.45) is -2.25. The van der Waals surface area contributed by atoms with E-state index in [1.165, 1.54) is 41.5 Å². The molecule has 57 heteroatoms. The van der Waals surface area contributed by atoms with Crippen LogP contribution in [0.4, 0.5) is 0 Å². The van der Waals surface area contributed by atoms with Crippen molar-refractivity contribution >= 4 is 165 Å². The number of carbonyl (C=O) groups excluding carboxylic acids is 18. The van der Waals surface area contributed by atoms with E-state index in [9.17, 15) is 146 Å². The second-order valence-electron chi connectivity index (χ2n) is 33.7. The number of nitrogens with zero attached hydrogens (tertiary/aromatic N) is 2. The second kappa shape index (κ2) is 62.4. The molecule has 1 aromatic carbocycles. The number of guanidine groups is 2. The highest BCUT2D eigenvalue weighted by Crippen LogP contribution is 2.20. The molecule has 0 aliphatic carbocycles. The molecule has 0 unspecified atom stereocenters. The van der Waals surface area contributed by atoms with Crippen molar-refractivity contribution in [2.75, 3.05) is 52.4 Å². The maximum atomic E-state index is 14.5. The molecule has 17 atom stereocenters. The van der Waals surface area contributed by atoms with E-state index in [1.54, 1.807) is 30.5 Å². The molecule has 57 nitrogen and oxygen atoms in total. The number of fused-ring (bicyclic) bond motifs is 1. The lowest BCUT2D eigenvalue weighted by Gasteiger charge is -2.27. The number of benzene rings is 1. The van der Waals surface area contributed by atoms with E-state index in [0.717, 1.165) is 55.3 Å². The van der Waals surface area contributed by atoms with Crippen molar-refractivity contribution in [1.82, 2.24) is 116 Å². The SMILES string of the molecule is CC(=O)N[C@@H](Cc1c[nH]c2ccccc12)C(=O)N[C@@H](CCC(=O)O)C(=O)N[C@@H](C)C(=O)N[C@@H](C)C(=O)N[C@@H](C)C(=O)N[C@@H](CCCNC(=N)N)C(=O)N[C@@H](CCCCN(CC(=O)O)CC(=O)O)C(=O)N[C@@H](C)C(=O)N[C@@H](C)C(=O)N[C@@H](C)C(=O)N[C@@H](CCCCN(CC(=O)O)CC(=O)O)C(=O)N[C@@H](CCC(=O)O)C(=O)N[C@@H](C)C(=O)N[C@@H](C)C(=O)N[C@@H](C)C(=O)N[C@@H](CCCNC(=N)N)C(=O)N[C@@H](C)C(N)=O. The van der Waals surface area contributed by atoms with Gasteiger partial charge < -0.3 is 154 Å². The molecule has 0 fully saturated rings. The molecule has 1 heterocycles. The average Bonchev–Trinajstić information content (AvgIpc) is 1.61. The number of nitrogens with two attached hydrogens (primary N) is 3. The number of aliphatic carboxylic acids is 6. The van der Waals surface area contributed by atoms with E-state index >= 15 is 0 Å². The molecular weight excluding hydrogens is 1880 g/mol. The van der Waals surface area contributed by atoms with Crippen LogP contribution in [0.2, 0.25) is 0 Å². The van der Waals surface area contributed by atoms with Crippen LogP contribution in [0.3, 0.4) is 0 Å². The fourth-order valence-electron chi connectivity index (χ4n) is 13.4. The molecule has 0 aliphatic rings. The number of amides is 18. The number of carboxylic acids is 6. The number of hydrogen-bond donors (Lipinski definition) is 31. The largest absolute Gasteiger partial charge is 0.481 e. The van der Waals surface area contributed by atoms with Crippen LogP contribution in [0.5, 0.6) is 0 Å². The molecule has 2 aromatic rings. The van der Waals surface area contributed by atoms with Crippen molar-refractivity contribution < 1.29 is 146 Å². The van der Waals surface area contributed by atoms with Crippen LogP contribution < -0.4 is 118 Å². The number of rotatable bonds is 68. The Labute approximate surface area is 814 Å². The molecule has 0 saturated heterocycles. The van der Waals surface area contributed by atoms with E-state index in [1.807, 2.05) is 0 Å². The normalized spacial score (nSPS) is 14.6. The molecule has 0 saturated carbocycles. The summed E-state index contributed by atoms with van der Waals surface area (Å²) in [4.78, 5) is 320. The molecule has 0 spiro atoms. The van der Waals surface area contributed by atoms with Crippen LogP contribution in [-0.4, -0.2) is 355 Å². The summed E-state index contributed by atoms with van der Waals surface area (Å²) in [7, 11) is 0. The first-order valence-electron chi connectivity index (χ1n) is 45.3. The number of carboxylic acid groups (broad SMARTS) is 6. The zero-order valence-corrected chi connectivity index (χ0v) is 80.6. The highest BCUT2D eigenvalue weighted by atomic mass is 16.4. The van der Waals surface area contributed by atoms with Crippen molar-refractivity contribution in [2.45, 2.75) is 275 Å². The number of H-pyrrole nitrogens is 1. The van der Waals surface area contributed by atoms with Gasteiger partial charge in [-0.3, -0.25) is 136 Å². The lowest BCUT2D eigenvalue weighted by molar-refractivity contribution is -0.143. The monoisotopic (exact) mass is 2010 g/mol. The van der Waals surface area contributed by atoms with Crippen molar-refractivity contribution in [3.63, 3.8) is 0 Å². The van der Waals surface area contributed by atoms with Crippen molar-refractivity contribution in [3.05, 3.63) is 36.0 Å². The van der Waals surface area contributed by atoms with Gasteiger partial charge in [-0.25, -0.2) is 0 Å². The molecule has 34 N–H and O–H groups in total. The third kappa shape index (κ3) is 48.2. The number of nitrogens with one attached hydrogen (secondary N) is 22. The van der Waals surface area contributed by atoms with Gasteiger partial charge in [-0.15, -0.1) is 0 Å². The van der Waals surface area contributed by atoms with E-state index in [2.05, 4.69) is 106 Å². The predicted molar refractivity (Wildman–Crippen MR) is 500 cm³/mol. The van der Waals surface area contributed by atoms with E-state index in [0.29, 0.717) is 5.56 Å². The highest BCUT2D eigenvalue weighted by Gasteiger charge is 2.38. The van der Waals surface area contributed by atoms with Gasteiger partial charge in [-0.05, 0) is 171 Å². The number of hydrogen-bond acceptors (Lipinski definition) is 28. The van der Waals surface area contributed by atoms with Gasteiger partial charge in [0.15, 0.2) is 11.9 Å². The van der Waals surface area contributed by atoms with Crippen molar-refractivity contribution in [1.29, 1.82) is 10.8 Å². The van der Waals surface area contributed by atoms with Gasteiger partial charge in [0, 0.05) is 56.4 Å². The van der Waals surface area contributed by atoms with Gasteiger partial charge in [0.1, 0.15) is 103 Å². The molecule has 2 rings (SSSR count). The van der Waals surface area contributed by atoms with Gasteiger partial charge >= 0.3 is 35.8 Å². The Kier molecular flexibility index (Phi) is 53.9. The maximum Gasteiger partial charge on any atom is 0.317 e. The number of unbranched alkanes of at least 4 members (excludes halogenated alkanes) is 2. The fraction of sp³-hybridized carbons (Fsp3) is 0.600. The lowest BCUT2D eigenvalue weighted by Crippen LogP contribution is -2.60. The summed E-state index contributed by atoms with van der Waals surface area (Å²) in [6.45, 7) is 9.66. The second-order valence-corrected chi connectivity index (χ2v) is 33.7. The molecule has 1 aromatic heterocycles. The third-order valence-electron chi connectivity index (χ3n) is 21.3. The van der Waals surface area contributed by atoms with Gasteiger partial charge in [0.05, 0.1) is 26.2 Å². The third-order valence-corrected chi connectivity index (χ3v) is 21.3. The van der Waals surface area contributed by atoms with Gasteiger partial charge in [-0.1, -0.05) is 18.2 Å². The Morgan fingerprint density at radius 3 is 0.810 bits per heavy atom. The average molecular weight is 2020 g/mol. The Balaban J connectivity index is 2.41. The predicted octanol–water partition coefficient (Wildman–Crippen LogP) is -9.80. The Morgan fingerprint density at radius 1 is 0.303 bits per heavy atom. The van der Waals surface area contributed by atoms with Gasteiger partial charge in [-0.2, -0.15) is 0 Å². The molecule has 790 valence electrons. The minimum absolute atomic E-state index is 0.0217. The minimum Gasteiger partial charge on any atom is -0.481 e. The molecule has 0 bridgehead atoms. The Hall–Kier alpha value is -15.5. The summed E-state index contributed by atoms with van der Waals surface area (Å²) < 4.78 is 0. The van der Waals surface area contributed by atoms with Gasteiger partial charge in [0.25, 0.3) is 0 Å². The molecule has 0 aliphatic heterocycles. The molecule has 142 heavy (non-hydrogen) atoms. The van der Waals surface area contributed by atoms with Gasteiger partial charge in [0.2, 0.25) is 106 Å². The summed E-state index contributed by atoms with van der Waals surface area (Å²) in [5, 5.41) is 118. The first kappa shape index (κ1) is 123. The standard InChI is InChI=1S/C85H135N27O30/c1-40(67(86)126)94-77(136)56(24-18-30-91-84(87)88)106-75(134)48(9)99-69(128)42(3)96-72(131)45(6)102-79(138)58(26-28-61(114)115)109-81(140)55(23-15-17-33-112(38-65(122)123)39-66(124)125)105-74(133)47(8)98-68(127)41(2)95-71(130)44(5)101-78(137)54(22-14-16-32-111(36-63(118)119)37-64(120)121)108-82(141)57(25-19-31-92-85(89)90)107-76(135)49(10)100-70(129)43(4)97-73(132)46(7)103-80(139)59(27-29-62(116)117)110-83(142)60(104-50(11)113)34-51-35-93-53-21-13-12-20-52(51)53/h12-13,20-21,35,40-49,54-60,93H,14-19,22-34,36-39H2,1-11H3,(H2,86,126)(H,94,136)(H,95,130)(H,96,131)(H,97,132)(H,98,127)(H,99,128)(H,100,129)(H,101,137)(H,102,138)(H,103,139)(H,104,113)(H,105,133)(H,106,134)(H,107,135)(H,108,141)(H,109,140)(H,110,142)(H,114,115)(H,116,117)(H,118,119)(H,120,121)(H,122,123)(H,124,125)(H4,87,88,91)(H4,89,90,92)/t40-,41-,42-,43-,44-,45-,46-,47-,48-,49-,54-,55-,56-,57-,58-,59-,60-/m0/s1. The number of primary amides is 1. The molecular formula is C85H135N27O30.